The second kappa shape index (κ2) is 12.4. The van der Waals surface area contributed by atoms with Gasteiger partial charge in [0.15, 0.2) is 11.6 Å². The number of rotatable bonds is 7. The molecule has 47 heavy (non-hydrogen) atoms. The topological polar surface area (TPSA) is 75.3 Å². The van der Waals surface area contributed by atoms with E-state index in [1.165, 1.54) is 0 Å². The lowest BCUT2D eigenvalue weighted by molar-refractivity contribution is -0.167. The van der Waals surface area contributed by atoms with Crippen molar-refractivity contribution in [3.63, 3.8) is 0 Å². The van der Waals surface area contributed by atoms with Crippen molar-refractivity contribution in [3.8, 4) is 0 Å². The smallest absolute Gasteiger partial charge is 0.326 e. The fourth-order valence-corrected chi connectivity index (χ4v) is 5.61. The Hall–Kier alpha value is -3.63. The molecule has 4 rings (SSSR count). The first kappa shape index (κ1) is 36.2. The molecule has 3 aromatic carbocycles. The van der Waals surface area contributed by atoms with Crippen LogP contribution in [-0.2, 0) is 28.4 Å². The van der Waals surface area contributed by atoms with Crippen molar-refractivity contribution in [1.82, 2.24) is 0 Å². The summed E-state index contributed by atoms with van der Waals surface area (Å²) in [5.74, 6) is -11.2. The number of alkyl halides is 11. The number of nitrogens with one attached hydrogen (secondary N) is 2. The van der Waals surface area contributed by atoms with E-state index >= 15 is 0 Å². The molecule has 0 aromatic heterocycles. The lowest BCUT2D eigenvalue weighted by Gasteiger charge is -2.14. The number of halogens is 14. The molecule has 1 fully saturated rings. The number of benzene rings is 3. The molecule has 3 aromatic rings. The Morgan fingerprint density at radius 3 is 1.89 bits per heavy atom. The van der Waals surface area contributed by atoms with Gasteiger partial charge >= 0.3 is 24.4 Å². The molecule has 1 saturated carbocycles. The van der Waals surface area contributed by atoms with Gasteiger partial charge in [-0.15, -0.1) is 23.2 Å². The highest BCUT2D eigenvalue weighted by molar-refractivity contribution is 6.53. The monoisotopic (exact) mass is 740 g/mol. The first-order chi connectivity index (χ1) is 21.4. The van der Waals surface area contributed by atoms with Crippen molar-refractivity contribution in [2.75, 3.05) is 10.6 Å². The van der Waals surface area contributed by atoms with Gasteiger partial charge in [-0.3, -0.25) is 14.4 Å². The number of ketones is 1. The molecule has 0 aliphatic heterocycles. The molecule has 0 spiro atoms. The van der Waals surface area contributed by atoms with Gasteiger partial charge in [0, 0.05) is 23.6 Å². The maximum absolute atomic E-state index is 14.8. The Kier molecular flexibility index (Phi) is 9.58. The molecule has 0 bridgehead atoms. The summed E-state index contributed by atoms with van der Waals surface area (Å²) in [4.78, 5) is 37.2. The number of hydrogen-bond donors (Lipinski definition) is 2. The van der Waals surface area contributed by atoms with Crippen molar-refractivity contribution in [2.24, 2.45) is 5.92 Å². The number of Topliss-reactive ketones (excluding diaryl/α,β-unsaturated/α-hetero) is 1. The minimum atomic E-state index is -5.49. The second-order valence-corrected chi connectivity index (χ2v) is 12.0. The summed E-state index contributed by atoms with van der Waals surface area (Å²) in [5, 5.41) is 3.02. The van der Waals surface area contributed by atoms with Crippen LogP contribution < -0.4 is 10.6 Å². The first-order valence-electron chi connectivity index (χ1n) is 12.6. The Morgan fingerprint density at radius 2 is 1.36 bits per heavy atom. The van der Waals surface area contributed by atoms with Crippen LogP contribution in [0.3, 0.4) is 0 Å². The molecule has 2 N–H and O–H groups in total. The molecule has 5 nitrogen and oxygen atoms in total. The Labute approximate surface area is 271 Å². The molecule has 0 saturated heterocycles. The van der Waals surface area contributed by atoms with Crippen LogP contribution in [0.25, 0.3) is 0 Å². The number of carbonyl (C=O) groups excluding carboxylic acids is 3. The van der Waals surface area contributed by atoms with Crippen LogP contribution in [0.1, 0.15) is 38.5 Å². The zero-order valence-electron chi connectivity index (χ0n) is 22.5. The maximum Gasteiger partial charge on any atom is 0.471 e. The third-order valence-corrected chi connectivity index (χ3v) is 8.13. The minimum absolute atomic E-state index is 0.117. The third kappa shape index (κ3) is 7.75. The highest BCUT2D eigenvalue weighted by atomic mass is 35.5. The van der Waals surface area contributed by atoms with Gasteiger partial charge in [0.05, 0.1) is 22.1 Å². The van der Waals surface area contributed by atoms with E-state index in [4.69, 9.17) is 34.8 Å². The van der Waals surface area contributed by atoms with Crippen molar-refractivity contribution >= 4 is 63.8 Å². The summed E-state index contributed by atoms with van der Waals surface area (Å²) >= 11 is 18.3. The fraction of sp³-hybridized carbons (Fsp3) is 0.250. The zero-order valence-corrected chi connectivity index (χ0v) is 24.8. The predicted molar refractivity (Wildman–Crippen MR) is 146 cm³/mol. The molecular formula is C28H14Cl3F11N2O3. The van der Waals surface area contributed by atoms with E-state index in [9.17, 15) is 62.7 Å². The fourth-order valence-electron chi connectivity index (χ4n) is 4.56. The molecule has 19 heteroatoms. The average Bonchev–Trinajstić information content (AvgIpc) is 3.53. The Bertz CT molecular complexity index is 1740. The van der Waals surface area contributed by atoms with Crippen LogP contribution in [0.2, 0.25) is 5.02 Å². The van der Waals surface area contributed by atoms with Crippen molar-refractivity contribution < 1.29 is 62.7 Å². The lowest BCUT2D eigenvalue weighted by atomic mass is 10.0. The van der Waals surface area contributed by atoms with E-state index in [-0.39, 0.29) is 16.8 Å². The number of hydrogen-bond acceptors (Lipinski definition) is 3. The molecule has 1 aliphatic carbocycles. The maximum atomic E-state index is 14.8. The van der Waals surface area contributed by atoms with Crippen LogP contribution in [0, 0.1) is 17.6 Å². The molecule has 2 atom stereocenters. The summed E-state index contributed by atoms with van der Waals surface area (Å²) in [6.45, 7) is 0. The van der Waals surface area contributed by atoms with Gasteiger partial charge in [-0.25, -0.2) is 8.78 Å². The van der Waals surface area contributed by atoms with Gasteiger partial charge in [0.2, 0.25) is 5.91 Å². The summed E-state index contributed by atoms with van der Waals surface area (Å²) in [7, 11) is 0. The minimum Gasteiger partial charge on any atom is -0.326 e. The number of anilines is 2. The van der Waals surface area contributed by atoms with Crippen molar-refractivity contribution in [1.29, 1.82) is 0 Å². The summed E-state index contributed by atoms with van der Waals surface area (Å²) in [6, 6.07) is 5.00. The molecule has 2 amide bonds. The first-order valence-corrected chi connectivity index (χ1v) is 13.7. The van der Waals surface area contributed by atoms with Crippen molar-refractivity contribution in [2.45, 2.75) is 35.2 Å². The van der Waals surface area contributed by atoms with Crippen LogP contribution in [-0.4, -0.2) is 28.1 Å². The van der Waals surface area contributed by atoms with Gasteiger partial charge < -0.3 is 10.6 Å². The van der Waals surface area contributed by atoms with Gasteiger partial charge in [-0.1, -0.05) is 17.7 Å². The standard InChI is InChI=1S/C28H14Cl3F11N2O3/c29-16-3-2-14(9-15(16)18(45)7-10-1-4-17(32)22(21(10)33)44-24(47)28(40,41)42)43-23(46)20-19(25(20,30)31)11-5-12(26(34,35)36)8-13(6-11)27(37,38)39/h1-6,8-9,19-20H,7H2,(H,43,46)(H,44,47). The van der Waals surface area contributed by atoms with Crippen LogP contribution in [0.5, 0.6) is 0 Å². The molecule has 2 unspecified atom stereocenters. The van der Waals surface area contributed by atoms with Crippen LogP contribution in [0.15, 0.2) is 48.5 Å². The number of amides is 2. The van der Waals surface area contributed by atoms with Gasteiger partial charge in [-0.2, -0.15) is 39.5 Å². The van der Waals surface area contributed by atoms with E-state index in [1.54, 1.807) is 0 Å². The van der Waals surface area contributed by atoms with Gasteiger partial charge in [0.25, 0.3) is 0 Å². The second-order valence-electron chi connectivity index (χ2n) is 10.1. The van der Waals surface area contributed by atoms with Crippen LogP contribution in [0.4, 0.5) is 59.7 Å². The third-order valence-electron chi connectivity index (χ3n) is 6.86. The zero-order chi connectivity index (χ0) is 35.4. The largest absolute Gasteiger partial charge is 0.471 e. The lowest BCUT2D eigenvalue weighted by Crippen LogP contribution is -2.31. The van der Waals surface area contributed by atoms with Crippen LogP contribution >= 0.6 is 34.8 Å². The van der Waals surface area contributed by atoms with E-state index in [0.717, 1.165) is 29.6 Å². The Morgan fingerprint density at radius 1 is 0.787 bits per heavy atom. The molecule has 1 aliphatic rings. The normalized spacial score (nSPS) is 17.7. The van der Waals surface area contributed by atoms with E-state index in [1.807, 2.05) is 0 Å². The van der Waals surface area contributed by atoms with E-state index in [0.29, 0.717) is 18.2 Å². The molecular weight excluding hydrogens is 728 g/mol. The van der Waals surface area contributed by atoms with Gasteiger partial charge in [0.1, 0.15) is 15.8 Å². The average molecular weight is 742 g/mol. The van der Waals surface area contributed by atoms with Crippen molar-refractivity contribution in [3.05, 3.63) is 93.0 Å². The highest BCUT2D eigenvalue weighted by Gasteiger charge is 2.68. The van der Waals surface area contributed by atoms with Gasteiger partial charge in [-0.05, 0) is 53.6 Å². The molecule has 252 valence electrons. The quantitative estimate of drug-likeness (QED) is 0.144. The summed E-state index contributed by atoms with van der Waals surface area (Å²) < 4.78 is 144. The molecule has 0 heterocycles. The predicted octanol–water partition coefficient (Wildman–Crippen LogP) is 9.11. The highest BCUT2D eigenvalue weighted by Crippen LogP contribution is 2.65. The Balaban J connectivity index is 1.56. The molecule has 0 radical (unpaired) electrons. The van der Waals surface area contributed by atoms with E-state index < -0.39 is 104 Å². The number of carbonyl (C=O) groups is 3. The van der Waals surface area contributed by atoms with E-state index in [2.05, 4.69) is 5.32 Å². The summed E-state index contributed by atoms with van der Waals surface area (Å²) in [5.41, 5.74) is -6.70. The summed E-state index contributed by atoms with van der Waals surface area (Å²) in [6.07, 6.45) is -16.8. The SMILES string of the molecule is O=C(Cc1ccc(F)c(NC(=O)C(F)(F)F)c1F)c1cc(NC(=O)C2C(c3cc(C(F)(F)F)cc(C(F)(F)F)c3)C2(Cl)Cl)ccc1Cl.